The molecule has 0 amide bonds. The van der Waals surface area contributed by atoms with Crippen LogP contribution in [0.25, 0.3) is 11.1 Å². The van der Waals surface area contributed by atoms with E-state index in [-0.39, 0.29) is 26.2 Å². The number of carbonyl (C=O) groups excluding carboxylic acids is 3. The molecule has 0 fully saturated rings. The van der Waals surface area contributed by atoms with Gasteiger partial charge < -0.3 is 24.0 Å². The molecule has 0 aliphatic rings. The summed E-state index contributed by atoms with van der Waals surface area (Å²) >= 11 is 0. The van der Waals surface area contributed by atoms with E-state index >= 15 is 0 Å². The number of ether oxygens (including phenoxy) is 3. The second-order valence-electron chi connectivity index (χ2n) is 9.60. The molecule has 0 aliphatic heterocycles. The highest BCUT2D eigenvalue weighted by molar-refractivity contribution is 7.53. The summed E-state index contributed by atoms with van der Waals surface area (Å²) in [4.78, 5) is 59.6. The lowest BCUT2D eigenvalue weighted by Gasteiger charge is -2.36. The molecule has 0 aromatic heterocycles. The lowest BCUT2D eigenvalue weighted by atomic mass is 9.99. The SMILES string of the molecule is CCOC(=O)CC(CC(=O)OCC)(NC(Cc1ccc(-c2ccccc2)cc1)C(=O)OCc1ccccc1)P(=O)(O)O. The molecule has 1 atom stereocenters. The Bertz CT molecular complexity index is 1340. The highest BCUT2D eigenvalue weighted by Crippen LogP contribution is 2.53. The molecule has 3 N–H and O–H groups in total. The molecule has 3 aromatic rings. The zero-order chi connectivity index (χ0) is 30.6. The lowest BCUT2D eigenvalue weighted by Crippen LogP contribution is -2.56. The third-order valence-corrected chi connectivity index (χ3v) is 8.05. The molecule has 224 valence electrons. The second-order valence-corrected chi connectivity index (χ2v) is 11.5. The van der Waals surface area contributed by atoms with E-state index in [1.54, 1.807) is 50.2 Å². The minimum absolute atomic E-state index is 0.0498. The zero-order valence-electron chi connectivity index (χ0n) is 23.6. The standard InChI is InChI=1S/C31H36NO9P/c1-3-39-28(33)20-31(42(36,37)38,21-29(34)40-4-2)32-27(30(35)41-22-24-11-7-5-8-12-24)19-23-15-17-26(18-16-23)25-13-9-6-10-14-25/h5-18,27,32H,3-4,19-22H2,1-2H3,(H2,36,37,38). The van der Waals surface area contributed by atoms with Crippen LogP contribution in [0.15, 0.2) is 84.9 Å². The van der Waals surface area contributed by atoms with Gasteiger partial charge in [0.05, 0.1) is 26.1 Å². The van der Waals surface area contributed by atoms with E-state index < -0.39 is 49.7 Å². The van der Waals surface area contributed by atoms with E-state index in [0.29, 0.717) is 11.1 Å². The first-order valence-electron chi connectivity index (χ1n) is 13.6. The van der Waals surface area contributed by atoms with Gasteiger partial charge in [0.1, 0.15) is 17.9 Å². The Kier molecular flexibility index (Phi) is 12.0. The monoisotopic (exact) mass is 597 g/mol. The van der Waals surface area contributed by atoms with Crippen LogP contribution in [0.1, 0.15) is 37.8 Å². The number of rotatable bonds is 15. The van der Waals surface area contributed by atoms with Crippen LogP contribution >= 0.6 is 7.60 Å². The fourth-order valence-electron chi connectivity index (χ4n) is 4.40. The van der Waals surface area contributed by atoms with Crippen molar-refractivity contribution in [2.45, 2.75) is 51.0 Å². The average Bonchev–Trinajstić information content (AvgIpc) is 2.96. The van der Waals surface area contributed by atoms with Crippen molar-refractivity contribution >= 4 is 25.5 Å². The van der Waals surface area contributed by atoms with Gasteiger partial charge in [0.25, 0.3) is 0 Å². The van der Waals surface area contributed by atoms with Crippen molar-refractivity contribution in [1.29, 1.82) is 0 Å². The van der Waals surface area contributed by atoms with E-state index in [1.165, 1.54) is 0 Å². The summed E-state index contributed by atoms with van der Waals surface area (Å²) in [5, 5.41) is 0.184. The topological polar surface area (TPSA) is 148 Å². The quantitative estimate of drug-likeness (QED) is 0.131. The van der Waals surface area contributed by atoms with Gasteiger partial charge in [-0.1, -0.05) is 84.9 Å². The van der Waals surface area contributed by atoms with Crippen LogP contribution in [0.4, 0.5) is 0 Å². The van der Waals surface area contributed by atoms with Crippen LogP contribution < -0.4 is 5.32 Å². The van der Waals surface area contributed by atoms with Gasteiger partial charge in [-0.3, -0.25) is 24.3 Å². The first kappa shape index (κ1) is 32.7. The van der Waals surface area contributed by atoms with Gasteiger partial charge in [-0.25, -0.2) is 0 Å². The van der Waals surface area contributed by atoms with Crippen LogP contribution in [0.5, 0.6) is 0 Å². The molecule has 0 bridgehead atoms. The van der Waals surface area contributed by atoms with Crippen LogP contribution in [0.3, 0.4) is 0 Å². The Labute approximate surface area is 245 Å². The van der Waals surface area contributed by atoms with Gasteiger partial charge in [-0.2, -0.15) is 0 Å². The largest absolute Gasteiger partial charge is 0.466 e. The van der Waals surface area contributed by atoms with Gasteiger partial charge in [-0.05, 0) is 42.5 Å². The van der Waals surface area contributed by atoms with Crippen LogP contribution in [-0.4, -0.2) is 52.2 Å². The minimum atomic E-state index is -5.31. The third-order valence-electron chi connectivity index (χ3n) is 6.49. The number of nitrogens with one attached hydrogen (secondary N) is 1. The smallest absolute Gasteiger partial charge is 0.346 e. The lowest BCUT2D eigenvalue weighted by molar-refractivity contribution is -0.151. The van der Waals surface area contributed by atoms with Crippen molar-refractivity contribution in [3.05, 3.63) is 96.1 Å². The summed E-state index contributed by atoms with van der Waals surface area (Å²) in [6, 6.07) is 24.5. The van der Waals surface area contributed by atoms with Crippen molar-refractivity contribution in [3.63, 3.8) is 0 Å². The highest BCUT2D eigenvalue weighted by atomic mass is 31.2. The summed E-state index contributed by atoms with van der Waals surface area (Å²) < 4.78 is 28.4. The zero-order valence-corrected chi connectivity index (χ0v) is 24.5. The van der Waals surface area contributed by atoms with Gasteiger partial charge in [-0.15, -0.1) is 0 Å². The molecule has 3 aromatic carbocycles. The summed E-state index contributed by atoms with van der Waals surface area (Å²) in [5.41, 5.74) is 3.28. The molecule has 42 heavy (non-hydrogen) atoms. The van der Waals surface area contributed by atoms with Gasteiger partial charge in [0, 0.05) is 0 Å². The molecule has 10 nitrogen and oxygen atoms in total. The van der Waals surface area contributed by atoms with E-state index in [4.69, 9.17) is 14.2 Å². The fraction of sp³-hybridized carbons (Fsp3) is 0.323. The normalized spacial score (nSPS) is 12.3. The van der Waals surface area contributed by atoms with E-state index in [2.05, 4.69) is 5.32 Å². The molecule has 11 heteroatoms. The summed E-state index contributed by atoms with van der Waals surface area (Å²) in [6.07, 6.45) is -1.84. The molecular formula is C31H36NO9P. The fourth-order valence-corrected chi connectivity index (χ4v) is 5.40. The van der Waals surface area contributed by atoms with Gasteiger partial charge in [0.15, 0.2) is 0 Å². The molecular weight excluding hydrogens is 561 g/mol. The van der Waals surface area contributed by atoms with Crippen molar-refractivity contribution in [1.82, 2.24) is 5.32 Å². The second kappa shape index (κ2) is 15.4. The summed E-state index contributed by atoms with van der Waals surface area (Å²) in [7, 11) is -5.31. The average molecular weight is 598 g/mol. The van der Waals surface area contributed by atoms with Crippen LogP contribution in [0.2, 0.25) is 0 Å². The number of esters is 3. The van der Waals surface area contributed by atoms with Crippen molar-refractivity contribution in [2.75, 3.05) is 13.2 Å². The Morgan fingerprint density at radius 3 is 1.74 bits per heavy atom. The van der Waals surface area contributed by atoms with Crippen LogP contribution in [0, 0.1) is 0 Å². The third kappa shape index (κ3) is 9.36. The Balaban J connectivity index is 1.97. The number of hydrogen-bond acceptors (Lipinski definition) is 8. The van der Waals surface area contributed by atoms with Crippen molar-refractivity contribution in [3.8, 4) is 11.1 Å². The first-order valence-corrected chi connectivity index (χ1v) is 15.2. The van der Waals surface area contributed by atoms with Gasteiger partial charge >= 0.3 is 25.5 Å². The van der Waals surface area contributed by atoms with Crippen molar-refractivity contribution < 1.29 is 42.9 Å². The Hall–Kier alpha value is -3.82. The predicted octanol–water partition coefficient (Wildman–Crippen LogP) is 4.38. The Morgan fingerprint density at radius 2 is 1.24 bits per heavy atom. The molecule has 0 saturated heterocycles. The molecule has 0 spiro atoms. The molecule has 0 heterocycles. The molecule has 0 aliphatic carbocycles. The summed E-state index contributed by atoms with van der Waals surface area (Å²) in [6.45, 7) is 2.89. The minimum Gasteiger partial charge on any atom is -0.466 e. The van der Waals surface area contributed by atoms with E-state index in [0.717, 1.165) is 11.1 Å². The number of benzene rings is 3. The van der Waals surface area contributed by atoms with E-state index in [9.17, 15) is 28.7 Å². The molecule has 0 radical (unpaired) electrons. The maximum absolute atomic E-state index is 13.5. The molecule has 3 rings (SSSR count). The molecule has 1 unspecified atom stereocenters. The van der Waals surface area contributed by atoms with Gasteiger partial charge in [0.2, 0.25) is 0 Å². The van der Waals surface area contributed by atoms with E-state index in [1.807, 2.05) is 48.5 Å². The van der Waals surface area contributed by atoms with Crippen molar-refractivity contribution in [2.24, 2.45) is 0 Å². The first-order chi connectivity index (χ1) is 20.1. The maximum atomic E-state index is 13.5. The predicted molar refractivity (Wildman–Crippen MR) is 156 cm³/mol. The maximum Gasteiger partial charge on any atom is 0.346 e. The van der Waals surface area contributed by atoms with Crippen LogP contribution in [-0.2, 0) is 46.2 Å². The highest BCUT2D eigenvalue weighted by Gasteiger charge is 2.53. The Morgan fingerprint density at radius 1 is 0.738 bits per heavy atom. The summed E-state index contributed by atoms with van der Waals surface area (Å²) in [5.74, 6) is -2.74. The molecule has 0 saturated carbocycles. The number of carbonyl (C=O) groups is 3. The number of hydrogen-bond donors (Lipinski definition) is 3.